The number of carbonyl (C=O) groups excluding carboxylic acids is 1. The molecule has 14 heavy (non-hydrogen) atoms. The van der Waals surface area contributed by atoms with Crippen LogP contribution in [0.15, 0.2) is 0 Å². The first kappa shape index (κ1) is 13.4. The average Bonchev–Trinajstić information content (AvgIpc) is 1.96. The van der Waals surface area contributed by atoms with Crippen LogP contribution in [-0.2, 0) is 14.6 Å². The SMILES string of the molecule is CC(C)(NCCCS(C)(=O)=O)C(N)=O. The molecule has 0 aliphatic heterocycles. The van der Waals surface area contributed by atoms with Crippen molar-refractivity contribution in [2.45, 2.75) is 25.8 Å². The third kappa shape index (κ3) is 5.93. The number of nitrogens with two attached hydrogens (primary N) is 1. The monoisotopic (exact) mass is 222 g/mol. The standard InChI is InChI=1S/C8H18N2O3S/c1-8(2,7(9)11)10-5-4-6-14(3,12)13/h10H,4-6H2,1-3H3,(H2,9,11). The van der Waals surface area contributed by atoms with Gasteiger partial charge in [-0.05, 0) is 26.8 Å². The highest BCUT2D eigenvalue weighted by molar-refractivity contribution is 7.90. The molecule has 0 aliphatic carbocycles. The van der Waals surface area contributed by atoms with Crippen LogP contribution in [0.2, 0.25) is 0 Å². The Bertz CT molecular complexity index is 296. The molecule has 0 saturated carbocycles. The lowest BCUT2D eigenvalue weighted by atomic mass is 10.1. The van der Waals surface area contributed by atoms with Crippen LogP contribution in [-0.4, -0.2) is 38.4 Å². The number of primary amides is 1. The third-order valence-corrected chi connectivity index (χ3v) is 2.91. The zero-order chi connectivity index (χ0) is 11.4. The molecule has 0 radical (unpaired) electrons. The molecule has 0 heterocycles. The minimum Gasteiger partial charge on any atom is -0.368 e. The second kappa shape index (κ2) is 4.75. The molecule has 0 unspecified atom stereocenters. The van der Waals surface area contributed by atoms with Crippen molar-refractivity contribution in [3.05, 3.63) is 0 Å². The fourth-order valence-corrected chi connectivity index (χ4v) is 1.49. The van der Waals surface area contributed by atoms with E-state index in [2.05, 4.69) is 5.32 Å². The summed E-state index contributed by atoms with van der Waals surface area (Å²) in [4.78, 5) is 10.9. The lowest BCUT2D eigenvalue weighted by molar-refractivity contribution is -0.123. The summed E-state index contributed by atoms with van der Waals surface area (Å²) in [5, 5.41) is 2.89. The highest BCUT2D eigenvalue weighted by atomic mass is 32.2. The van der Waals surface area contributed by atoms with Gasteiger partial charge in [-0.25, -0.2) is 8.42 Å². The van der Waals surface area contributed by atoms with E-state index in [1.807, 2.05) is 0 Å². The van der Waals surface area contributed by atoms with Crippen LogP contribution >= 0.6 is 0 Å². The molecule has 0 spiro atoms. The number of hydrogen-bond donors (Lipinski definition) is 2. The van der Waals surface area contributed by atoms with Crippen LogP contribution in [0.25, 0.3) is 0 Å². The molecule has 0 saturated heterocycles. The van der Waals surface area contributed by atoms with Crippen molar-refractivity contribution in [1.82, 2.24) is 5.32 Å². The first-order chi connectivity index (χ1) is 6.15. The van der Waals surface area contributed by atoms with Gasteiger partial charge in [0.1, 0.15) is 9.84 Å². The fraction of sp³-hybridized carbons (Fsp3) is 0.875. The van der Waals surface area contributed by atoms with E-state index in [1.165, 1.54) is 6.26 Å². The zero-order valence-electron chi connectivity index (χ0n) is 8.83. The molecular formula is C8H18N2O3S. The predicted molar refractivity (Wildman–Crippen MR) is 55.6 cm³/mol. The van der Waals surface area contributed by atoms with Crippen LogP contribution in [0.4, 0.5) is 0 Å². The summed E-state index contributed by atoms with van der Waals surface area (Å²) in [5.41, 5.74) is 4.34. The minimum absolute atomic E-state index is 0.120. The van der Waals surface area contributed by atoms with Gasteiger partial charge in [-0.2, -0.15) is 0 Å². The van der Waals surface area contributed by atoms with Gasteiger partial charge < -0.3 is 11.1 Å². The van der Waals surface area contributed by atoms with Crippen LogP contribution in [0.3, 0.4) is 0 Å². The normalized spacial score (nSPS) is 12.8. The molecule has 0 aromatic heterocycles. The van der Waals surface area contributed by atoms with E-state index < -0.39 is 21.3 Å². The topological polar surface area (TPSA) is 89.3 Å². The van der Waals surface area contributed by atoms with Crippen LogP contribution in [0, 0.1) is 0 Å². The molecule has 0 aromatic carbocycles. The van der Waals surface area contributed by atoms with Gasteiger partial charge in [0.25, 0.3) is 0 Å². The largest absolute Gasteiger partial charge is 0.368 e. The smallest absolute Gasteiger partial charge is 0.237 e. The van der Waals surface area contributed by atoms with E-state index in [1.54, 1.807) is 13.8 Å². The Kier molecular flexibility index (Phi) is 4.54. The van der Waals surface area contributed by atoms with Crippen molar-refractivity contribution >= 4 is 15.7 Å². The van der Waals surface area contributed by atoms with Crippen LogP contribution in [0.1, 0.15) is 20.3 Å². The summed E-state index contributed by atoms with van der Waals surface area (Å²) in [6.07, 6.45) is 1.67. The Hall–Kier alpha value is -0.620. The zero-order valence-corrected chi connectivity index (χ0v) is 9.65. The minimum atomic E-state index is -2.92. The van der Waals surface area contributed by atoms with Crippen molar-refractivity contribution in [2.24, 2.45) is 5.73 Å². The summed E-state index contributed by atoms with van der Waals surface area (Å²) >= 11 is 0. The maximum Gasteiger partial charge on any atom is 0.237 e. The van der Waals surface area contributed by atoms with Gasteiger partial charge in [0, 0.05) is 6.26 Å². The molecule has 0 aromatic rings. The number of carbonyl (C=O) groups is 1. The van der Waals surface area contributed by atoms with Gasteiger partial charge in [-0.3, -0.25) is 4.79 Å². The quantitative estimate of drug-likeness (QED) is 0.580. The number of sulfone groups is 1. The van der Waals surface area contributed by atoms with Gasteiger partial charge in [0.05, 0.1) is 11.3 Å². The highest BCUT2D eigenvalue weighted by Gasteiger charge is 2.23. The maximum absolute atomic E-state index is 10.9. The van der Waals surface area contributed by atoms with Gasteiger partial charge >= 0.3 is 0 Å². The van der Waals surface area contributed by atoms with E-state index in [9.17, 15) is 13.2 Å². The molecule has 3 N–H and O–H groups in total. The predicted octanol–water partition coefficient (Wildman–Crippen LogP) is -0.725. The Labute approximate surface area is 85.0 Å². The van der Waals surface area contributed by atoms with Crippen LogP contribution < -0.4 is 11.1 Å². The van der Waals surface area contributed by atoms with Gasteiger partial charge in [0.2, 0.25) is 5.91 Å². The first-order valence-electron chi connectivity index (χ1n) is 4.38. The van der Waals surface area contributed by atoms with E-state index in [4.69, 9.17) is 5.73 Å². The third-order valence-electron chi connectivity index (χ3n) is 1.87. The van der Waals surface area contributed by atoms with Crippen molar-refractivity contribution in [1.29, 1.82) is 0 Å². The summed E-state index contributed by atoms with van der Waals surface area (Å²) in [5.74, 6) is -0.327. The number of amides is 1. The highest BCUT2D eigenvalue weighted by Crippen LogP contribution is 2.00. The molecule has 0 rings (SSSR count). The number of rotatable bonds is 6. The van der Waals surface area contributed by atoms with Crippen molar-refractivity contribution < 1.29 is 13.2 Å². The van der Waals surface area contributed by atoms with Crippen molar-refractivity contribution in [3.63, 3.8) is 0 Å². The second-order valence-electron chi connectivity index (χ2n) is 3.90. The molecule has 0 aliphatic rings. The maximum atomic E-state index is 10.9. The van der Waals surface area contributed by atoms with Gasteiger partial charge in [-0.1, -0.05) is 0 Å². The van der Waals surface area contributed by atoms with Crippen molar-refractivity contribution in [3.8, 4) is 0 Å². The Balaban J connectivity index is 3.81. The molecule has 0 fully saturated rings. The van der Waals surface area contributed by atoms with E-state index >= 15 is 0 Å². The molecular weight excluding hydrogens is 204 g/mol. The van der Waals surface area contributed by atoms with Crippen molar-refractivity contribution in [2.75, 3.05) is 18.6 Å². The molecule has 0 bridgehead atoms. The van der Waals surface area contributed by atoms with Gasteiger partial charge in [-0.15, -0.1) is 0 Å². The summed E-state index contributed by atoms with van der Waals surface area (Å²) < 4.78 is 21.5. The lowest BCUT2D eigenvalue weighted by Gasteiger charge is -2.21. The summed E-state index contributed by atoms with van der Waals surface area (Å²) in [6.45, 7) is 3.79. The first-order valence-corrected chi connectivity index (χ1v) is 6.44. The average molecular weight is 222 g/mol. The van der Waals surface area contributed by atoms with Gasteiger partial charge in [0.15, 0.2) is 0 Å². The molecule has 84 valence electrons. The van der Waals surface area contributed by atoms with E-state index in [0.29, 0.717) is 13.0 Å². The number of hydrogen-bond acceptors (Lipinski definition) is 4. The summed E-state index contributed by atoms with van der Waals surface area (Å²) in [6, 6.07) is 0. The number of nitrogens with one attached hydrogen (secondary N) is 1. The van der Waals surface area contributed by atoms with E-state index in [0.717, 1.165) is 0 Å². The lowest BCUT2D eigenvalue weighted by Crippen LogP contribution is -2.51. The molecule has 0 atom stereocenters. The second-order valence-corrected chi connectivity index (χ2v) is 6.16. The summed E-state index contributed by atoms with van der Waals surface area (Å²) in [7, 11) is -2.92. The Morgan fingerprint density at radius 2 is 1.93 bits per heavy atom. The molecule has 6 heteroatoms. The van der Waals surface area contributed by atoms with E-state index in [-0.39, 0.29) is 5.75 Å². The Morgan fingerprint density at radius 3 is 2.29 bits per heavy atom. The van der Waals surface area contributed by atoms with Crippen LogP contribution in [0.5, 0.6) is 0 Å². The fourth-order valence-electron chi connectivity index (χ4n) is 0.822. The Morgan fingerprint density at radius 1 is 1.43 bits per heavy atom. The molecule has 1 amide bonds. The molecule has 5 nitrogen and oxygen atoms in total.